The molecule has 0 radical (unpaired) electrons. The molecule has 0 saturated heterocycles. The third-order valence-electron chi connectivity index (χ3n) is 6.05. The molecule has 35 heavy (non-hydrogen) atoms. The Kier molecular flexibility index (Phi) is 5.82. The smallest absolute Gasteiger partial charge is 0.197 e. The van der Waals surface area contributed by atoms with Crippen LogP contribution in [0.15, 0.2) is 55.0 Å². The third kappa shape index (κ3) is 4.17. The van der Waals surface area contributed by atoms with Gasteiger partial charge in [-0.3, -0.25) is 14.2 Å². The first kappa shape index (κ1) is 22.7. The summed E-state index contributed by atoms with van der Waals surface area (Å²) in [5, 5.41) is 26.2. The minimum atomic E-state index is -0.0386. The Labute approximate surface area is 207 Å². The van der Waals surface area contributed by atoms with Crippen LogP contribution >= 0.6 is 11.6 Å². The van der Waals surface area contributed by atoms with Crippen LogP contribution in [-0.2, 0) is 20.2 Å². The maximum atomic E-state index is 10.3. The normalized spacial score (nSPS) is 11.3. The molecule has 0 aliphatic heterocycles. The number of aromatic hydroxyl groups is 2. The van der Waals surface area contributed by atoms with Crippen molar-refractivity contribution in [3.8, 4) is 28.8 Å². The number of hydrogen-bond acceptors (Lipinski definition) is 6. The molecule has 8 nitrogen and oxygen atoms in total. The monoisotopic (exact) mass is 489 g/mol. The summed E-state index contributed by atoms with van der Waals surface area (Å²) in [6.45, 7) is 4.02. The quantitative estimate of drug-likeness (QED) is 0.342. The molecule has 0 fully saturated rings. The third-order valence-corrected chi connectivity index (χ3v) is 6.38. The van der Waals surface area contributed by atoms with Crippen LogP contribution in [0.1, 0.15) is 22.4 Å². The largest absolute Gasteiger partial charge is 0.494 e. The Morgan fingerprint density at radius 2 is 1.91 bits per heavy atom. The summed E-state index contributed by atoms with van der Waals surface area (Å²) < 4.78 is 9.49. The predicted molar refractivity (Wildman–Crippen MR) is 134 cm³/mol. The molecule has 0 amide bonds. The van der Waals surface area contributed by atoms with Gasteiger partial charge in [0, 0.05) is 59.5 Å². The molecule has 4 heterocycles. The molecular formula is C26H24ClN5O3. The van der Waals surface area contributed by atoms with Gasteiger partial charge in [0.1, 0.15) is 17.9 Å². The number of rotatable bonds is 6. The first-order valence-electron chi connectivity index (χ1n) is 11.0. The van der Waals surface area contributed by atoms with Crippen molar-refractivity contribution in [1.29, 1.82) is 0 Å². The summed E-state index contributed by atoms with van der Waals surface area (Å²) in [6.07, 6.45) is 4.98. The van der Waals surface area contributed by atoms with E-state index in [-0.39, 0.29) is 24.9 Å². The van der Waals surface area contributed by atoms with Crippen LogP contribution < -0.4 is 4.74 Å². The standard InChI is InChI=1S/C26H24ClN5O3/c1-15-9-24(33)32(26(15)34)13-17-11-28-12-21(27)20(17)14-35-23-6-4-5-18-19(10-16(2)30-25(18)23)22-7-8-29-31(22)3/h4-12,33-34H,13-14H2,1-3H3. The molecule has 0 bridgehead atoms. The number of ether oxygens (including phenoxy) is 1. The topological polar surface area (TPSA) is 98.2 Å². The maximum Gasteiger partial charge on any atom is 0.197 e. The Balaban J connectivity index is 1.51. The molecule has 0 saturated carbocycles. The molecule has 5 aromatic rings. The lowest BCUT2D eigenvalue weighted by molar-refractivity contribution is 0.307. The van der Waals surface area contributed by atoms with Gasteiger partial charge in [0.15, 0.2) is 11.8 Å². The van der Waals surface area contributed by atoms with E-state index in [2.05, 4.69) is 10.1 Å². The molecule has 0 atom stereocenters. The highest BCUT2D eigenvalue weighted by Crippen LogP contribution is 2.34. The van der Waals surface area contributed by atoms with E-state index in [1.165, 1.54) is 10.6 Å². The highest BCUT2D eigenvalue weighted by atomic mass is 35.5. The zero-order valence-electron chi connectivity index (χ0n) is 19.5. The molecule has 0 unspecified atom stereocenters. The SMILES string of the molecule is Cc1cc(-c2ccnn2C)c2cccc(OCc3c(Cl)cncc3Cn3c(O)cc(C)c3O)c2n1. The van der Waals surface area contributed by atoms with E-state index in [0.717, 1.165) is 33.4 Å². The molecule has 0 aliphatic rings. The molecule has 2 N–H and O–H groups in total. The summed E-state index contributed by atoms with van der Waals surface area (Å²) >= 11 is 6.50. The molecule has 1 aromatic carbocycles. The fourth-order valence-electron chi connectivity index (χ4n) is 4.25. The van der Waals surface area contributed by atoms with Crippen LogP contribution in [0.5, 0.6) is 17.5 Å². The summed E-state index contributed by atoms with van der Waals surface area (Å²) in [7, 11) is 1.91. The van der Waals surface area contributed by atoms with Gasteiger partial charge in [-0.15, -0.1) is 0 Å². The Morgan fingerprint density at radius 3 is 2.63 bits per heavy atom. The van der Waals surface area contributed by atoms with E-state index in [1.807, 2.05) is 49.0 Å². The van der Waals surface area contributed by atoms with Crippen LogP contribution in [0.2, 0.25) is 5.02 Å². The fourth-order valence-corrected chi connectivity index (χ4v) is 4.48. The van der Waals surface area contributed by atoms with Crippen LogP contribution in [0.4, 0.5) is 0 Å². The predicted octanol–water partition coefficient (Wildman–Crippen LogP) is 5.14. The van der Waals surface area contributed by atoms with Gasteiger partial charge in [-0.05, 0) is 37.6 Å². The van der Waals surface area contributed by atoms with Crippen LogP contribution in [0.25, 0.3) is 22.2 Å². The first-order valence-corrected chi connectivity index (χ1v) is 11.4. The second kappa shape index (κ2) is 8.96. The molecule has 4 aromatic heterocycles. The molecule has 0 spiro atoms. The second-order valence-corrected chi connectivity index (χ2v) is 8.85. The highest BCUT2D eigenvalue weighted by Gasteiger charge is 2.17. The van der Waals surface area contributed by atoms with Crippen molar-refractivity contribution in [1.82, 2.24) is 24.3 Å². The number of fused-ring (bicyclic) bond motifs is 1. The second-order valence-electron chi connectivity index (χ2n) is 8.45. The molecule has 178 valence electrons. The van der Waals surface area contributed by atoms with Gasteiger partial charge < -0.3 is 14.9 Å². The highest BCUT2D eigenvalue weighted by molar-refractivity contribution is 6.31. The summed E-state index contributed by atoms with van der Waals surface area (Å²) in [6, 6.07) is 11.3. The number of halogens is 1. The number of aryl methyl sites for hydroxylation is 3. The van der Waals surface area contributed by atoms with Gasteiger partial charge in [-0.25, -0.2) is 4.98 Å². The van der Waals surface area contributed by atoms with Crippen LogP contribution in [0.3, 0.4) is 0 Å². The molecular weight excluding hydrogens is 466 g/mol. The van der Waals surface area contributed by atoms with E-state index >= 15 is 0 Å². The van der Waals surface area contributed by atoms with Crippen molar-refractivity contribution < 1.29 is 14.9 Å². The van der Waals surface area contributed by atoms with Gasteiger partial charge in [-0.2, -0.15) is 5.10 Å². The van der Waals surface area contributed by atoms with E-state index in [4.69, 9.17) is 21.3 Å². The first-order chi connectivity index (χ1) is 16.8. The Bertz CT molecular complexity index is 1560. The zero-order chi connectivity index (χ0) is 24.7. The summed E-state index contributed by atoms with van der Waals surface area (Å²) in [5.74, 6) is 0.574. The lowest BCUT2D eigenvalue weighted by Crippen LogP contribution is -2.07. The van der Waals surface area contributed by atoms with Crippen molar-refractivity contribution in [3.63, 3.8) is 0 Å². The van der Waals surface area contributed by atoms with Gasteiger partial charge in [0.05, 0.1) is 17.3 Å². The van der Waals surface area contributed by atoms with E-state index in [9.17, 15) is 10.2 Å². The number of para-hydroxylation sites is 1. The van der Waals surface area contributed by atoms with Gasteiger partial charge in [-0.1, -0.05) is 23.7 Å². The van der Waals surface area contributed by atoms with Crippen molar-refractivity contribution in [2.24, 2.45) is 7.05 Å². The van der Waals surface area contributed by atoms with Crippen molar-refractivity contribution in [2.45, 2.75) is 27.0 Å². The number of hydrogen-bond donors (Lipinski definition) is 2. The van der Waals surface area contributed by atoms with Crippen molar-refractivity contribution >= 4 is 22.5 Å². The lowest BCUT2D eigenvalue weighted by atomic mass is 10.0. The Morgan fingerprint density at radius 1 is 1.09 bits per heavy atom. The minimum absolute atomic E-state index is 0.00855. The van der Waals surface area contributed by atoms with Gasteiger partial charge in [0.2, 0.25) is 0 Å². The number of benzene rings is 1. The van der Waals surface area contributed by atoms with Crippen molar-refractivity contribution in [3.05, 3.63) is 82.4 Å². The summed E-state index contributed by atoms with van der Waals surface area (Å²) in [4.78, 5) is 8.94. The minimum Gasteiger partial charge on any atom is -0.494 e. The van der Waals surface area contributed by atoms with E-state index in [0.29, 0.717) is 21.9 Å². The number of aromatic nitrogens is 5. The fraction of sp³-hybridized carbons (Fsp3) is 0.192. The molecule has 5 rings (SSSR count). The lowest BCUT2D eigenvalue weighted by Gasteiger charge is -2.16. The zero-order valence-corrected chi connectivity index (χ0v) is 20.3. The van der Waals surface area contributed by atoms with Crippen LogP contribution in [-0.4, -0.2) is 34.5 Å². The van der Waals surface area contributed by atoms with E-state index in [1.54, 1.807) is 25.5 Å². The average Bonchev–Trinajstić information content (AvgIpc) is 3.35. The molecule has 0 aliphatic carbocycles. The maximum absolute atomic E-state index is 10.3. The van der Waals surface area contributed by atoms with Gasteiger partial charge >= 0.3 is 0 Å². The van der Waals surface area contributed by atoms with Crippen molar-refractivity contribution in [2.75, 3.05) is 0 Å². The van der Waals surface area contributed by atoms with E-state index < -0.39 is 0 Å². The molecule has 9 heteroatoms. The van der Waals surface area contributed by atoms with Crippen LogP contribution in [0, 0.1) is 13.8 Å². The number of nitrogens with zero attached hydrogens (tertiary/aromatic N) is 5. The Hall–Kier alpha value is -4.04. The number of pyridine rings is 2. The summed E-state index contributed by atoms with van der Waals surface area (Å²) in [5.41, 5.74) is 5.63. The van der Waals surface area contributed by atoms with Gasteiger partial charge in [0.25, 0.3) is 0 Å². The average molecular weight is 490 g/mol.